The van der Waals surface area contributed by atoms with Gasteiger partial charge in [-0.1, -0.05) is 57.6 Å². The Balaban J connectivity index is 1.48. The van der Waals surface area contributed by atoms with E-state index >= 15 is 0 Å². The molecule has 3 aromatic heterocycles. The van der Waals surface area contributed by atoms with Crippen molar-refractivity contribution >= 4 is 79.8 Å². The zero-order chi connectivity index (χ0) is 19.2. The molecule has 0 aromatic carbocycles. The van der Waals surface area contributed by atoms with Gasteiger partial charge in [0.1, 0.15) is 4.88 Å². The Bertz CT molecular complexity index is 938. The Morgan fingerprint density at radius 1 is 0.963 bits per heavy atom. The minimum Gasteiger partial charge on any atom is -0.300 e. The van der Waals surface area contributed by atoms with Gasteiger partial charge in [0, 0.05) is 0 Å². The maximum atomic E-state index is 12.1. The second-order valence-electron chi connectivity index (χ2n) is 4.66. The Morgan fingerprint density at radius 3 is 2.26 bits per heavy atom. The van der Waals surface area contributed by atoms with E-state index in [9.17, 15) is 9.59 Å². The molecule has 2 N–H and O–H groups in total. The average molecular weight is 461 g/mol. The Labute approximate surface area is 174 Å². The zero-order valence-corrected chi connectivity index (χ0v) is 18.0. The van der Waals surface area contributed by atoms with Crippen LogP contribution in [0.25, 0.3) is 0 Å². The summed E-state index contributed by atoms with van der Waals surface area (Å²) in [5.74, 6) is 0.505. The van der Waals surface area contributed by atoms with Gasteiger partial charge in [0.25, 0.3) is 5.91 Å². The summed E-state index contributed by atoms with van der Waals surface area (Å²) >= 11 is 6.33. The molecule has 2 amide bonds. The fourth-order valence-corrected chi connectivity index (χ4v) is 5.40. The van der Waals surface area contributed by atoms with Crippen LogP contribution in [0.1, 0.15) is 22.3 Å². The fourth-order valence-electron chi connectivity index (χ4n) is 1.64. The summed E-state index contributed by atoms with van der Waals surface area (Å²) in [6.07, 6.45) is 0. The molecule has 27 heavy (non-hydrogen) atoms. The number of aryl methyl sites for hydroxylation is 1. The lowest BCUT2D eigenvalue weighted by Crippen LogP contribution is -2.13. The Morgan fingerprint density at radius 2 is 1.63 bits per heavy atom. The summed E-state index contributed by atoms with van der Waals surface area (Å²) in [6, 6.07) is 0. The first-order valence-corrected chi connectivity index (χ1v) is 11.8. The standard InChI is InChI=1S/C12H12N8O2S5/c1-3-23-11-18-16-9(25-11)13-6(21)4-24-12-19-17-10(26-12)14-8(22)7-5(2)15-20-27-7/h3-4H2,1-2H3,(H,13,16,21)(H,14,17,22). The Hall–Kier alpha value is -1.68. The van der Waals surface area contributed by atoms with Gasteiger partial charge in [-0.25, -0.2) is 0 Å². The molecule has 15 heteroatoms. The van der Waals surface area contributed by atoms with Crippen LogP contribution in [0.2, 0.25) is 0 Å². The molecule has 3 rings (SSSR count). The van der Waals surface area contributed by atoms with Crippen LogP contribution in [0.3, 0.4) is 0 Å². The number of aromatic nitrogens is 6. The van der Waals surface area contributed by atoms with E-state index in [0.29, 0.717) is 25.2 Å². The summed E-state index contributed by atoms with van der Waals surface area (Å²) in [5, 5.41) is 25.7. The van der Waals surface area contributed by atoms with Crippen molar-refractivity contribution in [2.24, 2.45) is 0 Å². The van der Waals surface area contributed by atoms with Crippen LogP contribution < -0.4 is 10.6 Å². The fraction of sp³-hybridized carbons (Fsp3) is 0.333. The lowest BCUT2D eigenvalue weighted by Gasteiger charge is -1.98. The van der Waals surface area contributed by atoms with Gasteiger partial charge in [-0.05, 0) is 24.2 Å². The van der Waals surface area contributed by atoms with Crippen molar-refractivity contribution in [1.82, 2.24) is 30.0 Å². The van der Waals surface area contributed by atoms with Crippen molar-refractivity contribution in [2.45, 2.75) is 22.5 Å². The number of hydrogen-bond donors (Lipinski definition) is 2. The molecular formula is C12H12N8O2S5. The van der Waals surface area contributed by atoms with E-state index in [0.717, 1.165) is 21.6 Å². The molecule has 0 spiro atoms. The van der Waals surface area contributed by atoms with Gasteiger partial charge in [-0.3, -0.25) is 20.2 Å². The van der Waals surface area contributed by atoms with Crippen molar-refractivity contribution in [2.75, 3.05) is 22.1 Å². The molecular weight excluding hydrogens is 449 g/mol. The number of amides is 2. The quantitative estimate of drug-likeness (QED) is 0.381. The molecule has 0 unspecified atom stereocenters. The van der Waals surface area contributed by atoms with Crippen LogP contribution in [0.15, 0.2) is 8.68 Å². The molecule has 3 heterocycles. The lowest BCUT2D eigenvalue weighted by atomic mass is 10.4. The predicted octanol–water partition coefficient (Wildman–Crippen LogP) is 2.64. The van der Waals surface area contributed by atoms with Crippen LogP contribution in [0.5, 0.6) is 0 Å². The third kappa shape index (κ3) is 5.65. The van der Waals surface area contributed by atoms with Crippen LogP contribution in [0, 0.1) is 6.92 Å². The second-order valence-corrected chi connectivity index (χ2v) is 10.1. The molecule has 0 atom stereocenters. The van der Waals surface area contributed by atoms with E-state index < -0.39 is 0 Å². The van der Waals surface area contributed by atoms with Gasteiger partial charge in [0.05, 0.1) is 11.4 Å². The summed E-state index contributed by atoms with van der Waals surface area (Å²) in [6.45, 7) is 3.73. The van der Waals surface area contributed by atoms with Crippen molar-refractivity contribution in [3.05, 3.63) is 10.6 Å². The Kier molecular flexibility index (Phi) is 7.06. The average Bonchev–Trinajstić information content (AvgIpc) is 3.35. The first-order valence-electron chi connectivity index (χ1n) is 7.38. The number of anilines is 2. The smallest absolute Gasteiger partial charge is 0.271 e. The molecule has 0 fully saturated rings. The van der Waals surface area contributed by atoms with Gasteiger partial charge in [0.15, 0.2) is 8.68 Å². The highest BCUT2D eigenvalue weighted by atomic mass is 32.2. The molecule has 0 aliphatic rings. The van der Waals surface area contributed by atoms with Gasteiger partial charge in [0.2, 0.25) is 16.2 Å². The second kappa shape index (κ2) is 9.50. The number of nitrogens with zero attached hydrogens (tertiary/aromatic N) is 6. The summed E-state index contributed by atoms with van der Waals surface area (Å²) in [7, 11) is 0. The molecule has 142 valence electrons. The topological polar surface area (TPSA) is 136 Å². The number of rotatable bonds is 8. The molecule has 0 aliphatic carbocycles. The van der Waals surface area contributed by atoms with Crippen molar-refractivity contribution < 1.29 is 9.59 Å². The van der Waals surface area contributed by atoms with Crippen molar-refractivity contribution in [1.29, 1.82) is 0 Å². The number of hydrogen-bond acceptors (Lipinski definition) is 13. The van der Waals surface area contributed by atoms with Gasteiger partial charge in [-0.2, -0.15) is 0 Å². The van der Waals surface area contributed by atoms with Crippen molar-refractivity contribution in [3.8, 4) is 0 Å². The third-order valence-electron chi connectivity index (χ3n) is 2.73. The van der Waals surface area contributed by atoms with E-state index in [1.165, 1.54) is 34.4 Å². The summed E-state index contributed by atoms with van der Waals surface area (Å²) < 4.78 is 5.11. The van der Waals surface area contributed by atoms with Gasteiger partial charge < -0.3 is 0 Å². The molecule has 0 saturated heterocycles. The molecule has 10 nitrogen and oxygen atoms in total. The summed E-state index contributed by atoms with van der Waals surface area (Å²) in [4.78, 5) is 24.5. The lowest BCUT2D eigenvalue weighted by molar-refractivity contribution is -0.113. The van der Waals surface area contributed by atoms with Crippen LogP contribution in [-0.2, 0) is 4.79 Å². The zero-order valence-electron chi connectivity index (χ0n) is 14.0. The van der Waals surface area contributed by atoms with E-state index in [2.05, 4.69) is 40.6 Å². The molecule has 0 radical (unpaired) electrons. The number of carbonyl (C=O) groups is 2. The van der Waals surface area contributed by atoms with Gasteiger partial charge >= 0.3 is 0 Å². The minimum atomic E-state index is -0.329. The molecule has 3 aromatic rings. The minimum absolute atomic E-state index is 0.149. The normalized spacial score (nSPS) is 10.7. The van der Waals surface area contributed by atoms with Crippen LogP contribution in [-0.4, -0.2) is 53.3 Å². The molecule has 0 aliphatic heterocycles. The van der Waals surface area contributed by atoms with Crippen LogP contribution >= 0.6 is 57.7 Å². The van der Waals surface area contributed by atoms with Gasteiger partial charge in [-0.15, -0.1) is 25.5 Å². The first-order chi connectivity index (χ1) is 13.0. The highest BCUT2D eigenvalue weighted by Gasteiger charge is 2.16. The van der Waals surface area contributed by atoms with E-state index in [-0.39, 0.29) is 17.6 Å². The van der Waals surface area contributed by atoms with E-state index in [4.69, 9.17) is 0 Å². The maximum absolute atomic E-state index is 12.1. The highest BCUT2D eigenvalue weighted by molar-refractivity contribution is 8.01. The molecule has 0 bridgehead atoms. The monoisotopic (exact) mass is 460 g/mol. The first kappa shape index (κ1) is 20.1. The highest BCUT2D eigenvalue weighted by Crippen LogP contribution is 2.27. The number of thioether (sulfide) groups is 2. The third-order valence-corrected chi connectivity index (χ3v) is 7.38. The predicted molar refractivity (Wildman–Crippen MR) is 108 cm³/mol. The number of carbonyl (C=O) groups excluding carboxylic acids is 2. The largest absolute Gasteiger partial charge is 0.300 e. The van der Waals surface area contributed by atoms with E-state index in [1.54, 1.807) is 18.7 Å². The summed E-state index contributed by atoms with van der Waals surface area (Å²) in [5.41, 5.74) is 0.561. The van der Waals surface area contributed by atoms with E-state index in [1.807, 2.05) is 6.92 Å². The maximum Gasteiger partial charge on any atom is 0.271 e. The SMILES string of the molecule is CCSc1nnc(NC(=O)CSc2nnc(NC(=O)c3snnc3C)s2)s1. The number of nitrogens with one attached hydrogen (secondary N) is 2. The van der Waals surface area contributed by atoms with Crippen LogP contribution in [0.4, 0.5) is 10.3 Å². The van der Waals surface area contributed by atoms with Crippen molar-refractivity contribution in [3.63, 3.8) is 0 Å². The molecule has 0 saturated carbocycles.